The van der Waals surface area contributed by atoms with Crippen molar-refractivity contribution in [1.29, 1.82) is 0 Å². The smallest absolute Gasteiger partial charge is 0.226 e. The van der Waals surface area contributed by atoms with Gasteiger partial charge in [-0.15, -0.1) is 0 Å². The first-order chi connectivity index (χ1) is 15.0. The van der Waals surface area contributed by atoms with Gasteiger partial charge in [-0.2, -0.15) is 0 Å². The fourth-order valence-corrected chi connectivity index (χ4v) is 5.24. The number of aromatic nitrogens is 2. The van der Waals surface area contributed by atoms with Crippen molar-refractivity contribution in [3.8, 4) is 5.75 Å². The summed E-state index contributed by atoms with van der Waals surface area (Å²) in [5.41, 5.74) is 1.99. The second-order valence-corrected chi connectivity index (χ2v) is 9.55. The molecule has 3 heterocycles. The summed E-state index contributed by atoms with van der Waals surface area (Å²) in [5, 5.41) is 11.5. The van der Waals surface area contributed by atoms with Crippen LogP contribution in [0, 0.1) is 18.8 Å². The van der Waals surface area contributed by atoms with Gasteiger partial charge in [-0.05, 0) is 82.7 Å². The van der Waals surface area contributed by atoms with Crippen molar-refractivity contribution in [3.05, 3.63) is 23.9 Å². The van der Waals surface area contributed by atoms with Crippen LogP contribution in [0.4, 0.5) is 5.95 Å². The number of hydrogen-bond acceptors (Lipinski definition) is 6. The molecular formula is C25H38N4O2. The molecule has 2 aliphatic rings. The third kappa shape index (κ3) is 4.96. The Kier molecular flexibility index (Phi) is 6.97. The molecule has 0 spiro atoms. The molecule has 2 fully saturated rings. The van der Waals surface area contributed by atoms with E-state index in [1.54, 1.807) is 0 Å². The van der Waals surface area contributed by atoms with Crippen LogP contribution >= 0.6 is 0 Å². The van der Waals surface area contributed by atoms with Crippen molar-refractivity contribution < 1.29 is 9.84 Å². The average Bonchev–Trinajstić information content (AvgIpc) is 2.79. The maximum absolute atomic E-state index is 10.4. The summed E-state index contributed by atoms with van der Waals surface area (Å²) in [5.74, 6) is 2.55. The highest BCUT2D eigenvalue weighted by Crippen LogP contribution is 2.30. The number of aliphatic hydroxyl groups excluding tert-OH is 1. The van der Waals surface area contributed by atoms with Crippen LogP contribution in [0.15, 0.2) is 18.2 Å². The SMILES string of the molecule is CCOc1ccc2nc(N3CCC(N4CCC(C(O)C(C)C)CC4)CC3)nc(C)c2c1. The molecule has 0 amide bonds. The van der Waals surface area contributed by atoms with Gasteiger partial charge >= 0.3 is 0 Å². The lowest BCUT2D eigenvalue weighted by Gasteiger charge is -2.43. The molecule has 0 radical (unpaired) electrons. The largest absolute Gasteiger partial charge is 0.494 e. The zero-order valence-electron chi connectivity index (χ0n) is 19.5. The lowest BCUT2D eigenvalue weighted by Crippen LogP contribution is -2.49. The third-order valence-corrected chi connectivity index (χ3v) is 7.16. The molecule has 1 aromatic heterocycles. The third-order valence-electron chi connectivity index (χ3n) is 7.16. The van der Waals surface area contributed by atoms with Gasteiger partial charge in [-0.3, -0.25) is 0 Å². The normalized spacial score (nSPS) is 20.5. The Hall–Kier alpha value is -1.92. The number of anilines is 1. The van der Waals surface area contributed by atoms with Crippen molar-refractivity contribution in [2.24, 2.45) is 11.8 Å². The summed E-state index contributed by atoms with van der Waals surface area (Å²) < 4.78 is 5.63. The quantitative estimate of drug-likeness (QED) is 0.752. The zero-order chi connectivity index (χ0) is 22.0. The number of ether oxygens (including phenoxy) is 1. The van der Waals surface area contributed by atoms with Crippen LogP contribution in [0.1, 0.15) is 52.1 Å². The summed E-state index contributed by atoms with van der Waals surface area (Å²) in [6.07, 6.45) is 4.40. The summed E-state index contributed by atoms with van der Waals surface area (Å²) in [4.78, 5) is 14.7. The topological polar surface area (TPSA) is 61.7 Å². The molecule has 2 saturated heterocycles. The molecule has 6 nitrogen and oxygen atoms in total. The molecule has 0 aliphatic carbocycles. The van der Waals surface area contributed by atoms with Crippen molar-refractivity contribution in [1.82, 2.24) is 14.9 Å². The van der Waals surface area contributed by atoms with Gasteiger partial charge in [-0.1, -0.05) is 13.8 Å². The van der Waals surface area contributed by atoms with Gasteiger partial charge in [0.2, 0.25) is 5.95 Å². The number of aliphatic hydroxyl groups is 1. The first-order valence-electron chi connectivity index (χ1n) is 12.0. The fourth-order valence-electron chi connectivity index (χ4n) is 5.24. The Morgan fingerprint density at radius 3 is 2.42 bits per heavy atom. The van der Waals surface area contributed by atoms with Gasteiger partial charge in [0.1, 0.15) is 5.75 Å². The Morgan fingerprint density at radius 2 is 1.77 bits per heavy atom. The molecule has 2 aliphatic heterocycles. The summed E-state index contributed by atoms with van der Waals surface area (Å²) in [6, 6.07) is 6.72. The molecular weight excluding hydrogens is 388 g/mol. The first kappa shape index (κ1) is 22.3. The zero-order valence-corrected chi connectivity index (χ0v) is 19.5. The van der Waals surface area contributed by atoms with E-state index in [1.165, 1.54) is 0 Å². The van der Waals surface area contributed by atoms with E-state index in [1.807, 2.05) is 25.1 Å². The summed E-state index contributed by atoms with van der Waals surface area (Å²) in [6.45, 7) is 13.2. The van der Waals surface area contributed by atoms with Crippen LogP contribution in [0.5, 0.6) is 5.75 Å². The van der Waals surface area contributed by atoms with Crippen molar-refractivity contribution >= 4 is 16.9 Å². The number of nitrogens with zero attached hydrogens (tertiary/aromatic N) is 4. The summed E-state index contributed by atoms with van der Waals surface area (Å²) in [7, 11) is 0. The molecule has 1 N–H and O–H groups in total. The molecule has 2 aromatic rings. The van der Waals surface area contributed by atoms with Crippen molar-refractivity contribution in [2.45, 2.75) is 65.5 Å². The number of fused-ring (bicyclic) bond motifs is 1. The Labute approximate surface area is 186 Å². The fraction of sp³-hybridized carbons (Fsp3) is 0.680. The van der Waals surface area contributed by atoms with Crippen LogP contribution in [0.3, 0.4) is 0 Å². The van der Waals surface area contributed by atoms with Crippen molar-refractivity contribution in [3.63, 3.8) is 0 Å². The van der Waals surface area contributed by atoms with Crippen LogP contribution in [0.25, 0.3) is 10.9 Å². The number of piperidine rings is 2. The lowest BCUT2D eigenvalue weighted by atomic mass is 9.85. The van der Waals surface area contributed by atoms with Crippen LogP contribution in [-0.4, -0.2) is 64.9 Å². The van der Waals surface area contributed by atoms with Gasteiger partial charge in [0, 0.05) is 24.5 Å². The van der Waals surface area contributed by atoms with Crippen LogP contribution in [-0.2, 0) is 0 Å². The molecule has 31 heavy (non-hydrogen) atoms. The second-order valence-electron chi connectivity index (χ2n) is 9.55. The highest BCUT2D eigenvalue weighted by molar-refractivity contribution is 5.83. The maximum atomic E-state index is 10.4. The standard InChI is InChI=1S/C25H38N4O2/c1-5-31-21-6-7-23-22(16-21)18(4)26-25(27-23)29-14-10-20(11-15-29)28-12-8-19(9-13-28)24(30)17(2)3/h6-7,16-17,19-20,24,30H,5,8-15H2,1-4H3. The minimum Gasteiger partial charge on any atom is -0.494 e. The monoisotopic (exact) mass is 426 g/mol. The molecule has 6 heteroatoms. The van der Waals surface area contributed by atoms with E-state index in [0.717, 1.165) is 80.2 Å². The van der Waals surface area contributed by atoms with Gasteiger partial charge in [0.05, 0.1) is 23.9 Å². The first-order valence-corrected chi connectivity index (χ1v) is 12.0. The van der Waals surface area contributed by atoms with Gasteiger partial charge < -0.3 is 19.6 Å². The minimum atomic E-state index is -0.151. The number of benzene rings is 1. The predicted molar refractivity (Wildman–Crippen MR) is 126 cm³/mol. The molecule has 0 saturated carbocycles. The highest BCUT2D eigenvalue weighted by atomic mass is 16.5. The Balaban J connectivity index is 1.36. The van der Waals surface area contributed by atoms with Gasteiger partial charge in [-0.25, -0.2) is 9.97 Å². The van der Waals surface area contributed by atoms with Crippen LogP contribution in [0.2, 0.25) is 0 Å². The molecule has 1 unspecified atom stereocenters. The van der Waals surface area contributed by atoms with E-state index < -0.39 is 0 Å². The number of hydrogen-bond donors (Lipinski definition) is 1. The maximum Gasteiger partial charge on any atom is 0.226 e. The average molecular weight is 427 g/mol. The van der Waals surface area contributed by atoms with E-state index in [9.17, 15) is 5.11 Å². The lowest BCUT2D eigenvalue weighted by molar-refractivity contribution is 0.0163. The molecule has 0 bridgehead atoms. The number of likely N-dealkylation sites (tertiary alicyclic amines) is 1. The molecule has 1 atom stereocenters. The van der Waals surface area contributed by atoms with E-state index in [-0.39, 0.29) is 6.10 Å². The second kappa shape index (κ2) is 9.70. The Morgan fingerprint density at radius 1 is 1.06 bits per heavy atom. The van der Waals surface area contributed by atoms with E-state index in [2.05, 4.69) is 30.6 Å². The van der Waals surface area contributed by atoms with Gasteiger partial charge in [0.15, 0.2) is 0 Å². The highest BCUT2D eigenvalue weighted by Gasteiger charge is 2.32. The van der Waals surface area contributed by atoms with E-state index in [4.69, 9.17) is 14.7 Å². The number of aryl methyl sites for hydroxylation is 1. The number of rotatable bonds is 6. The molecule has 170 valence electrons. The Bertz CT molecular complexity index is 871. The van der Waals surface area contributed by atoms with E-state index in [0.29, 0.717) is 24.5 Å². The van der Waals surface area contributed by atoms with Crippen molar-refractivity contribution in [2.75, 3.05) is 37.7 Å². The summed E-state index contributed by atoms with van der Waals surface area (Å²) >= 11 is 0. The van der Waals surface area contributed by atoms with E-state index >= 15 is 0 Å². The minimum absolute atomic E-state index is 0.151. The van der Waals surface area contributed by atoms with Crippen LogP contribution < -0.4 is 9.64 Å². The molecule has 4 rings (SSSR count). The van der Waals surface area contributed by atoms with Gasteiger partial charge in [0.25, 0.3) is 0 Å². The predicted octanol–water partition coefficient (Wildman–Crippen LogP) is 4.03. The molecule has 1 aromatic carbocycles.